The van der Waals surface area contributed by atoms with E-state index in [-0.39, 0.29) is 18.4 Å². The van der Waals surface area contributed by atoms with Gasteiger partial charge in [-0.1, -0.05) is 25.1 Å². The second-order valence-electron chi connectivity index (χ2n) is 8.38. The predicted molar refractivity (Wildman–Crippen MR) is 117 cm³/mol. The number of likely N-dealkylation sites (tertiary alicyclic amines) is 1. The van der Waals surface area contributed by atoms with E-state index in [1.54, 1.807) is 12.1 Å². The molecule has 2 aromatic rings. The van der Waals surface area contributed by atoms with Gasteiger partial charge in [0.2, 0.25) is 0 Å². The largest absolute Gasteiger partial charge is 0.484 e. The lowest BCUT2D eigenvalue weighted by molar-refractivity contribution is -0.123. The minimum absolute atomic E-state index is 0.0431. The summed E-state index contributed by atoms with van der Waals surface area (Å²) in [7, 11) is 0. The summed E-state index contributed by atoms with van der Waals surface area (Å²) in [5, 5.41) is 4.34. The Morgan fingerprint density at radius 3 is 2.68 bits per heavy atom. The van der Waals surface area contributed by atoms with E-state index in [0.29, 0.717) is 17.4 Å². The number of amides is 2. The van der Waals surface area contributed by atoms with Crippen LogP contribution in [0.2, 0.25) is 0 Å². The van der Waals surface area contributed by atoms with E-state index in [1.807, 2.05) is 30.0 Å². The lowest BCUT2D eigenvalue weighted by Crippen LogP contribution is -2.38. The van der Waals surface area contributed by atoms with Crippen molar-refractivity contribution in [3.63, 3.8) is 0 Å². The Bertz CT molecular complexity index is 972. The van der Waals surface area contributed by atoms with Gasteiger partial charge in [-0.05, 0) is 50.7 Å². The van der Waals surface area contributed by atoms with Gasteiger partial charge < -0.3 is 14.1 Å². The number of hydrogen-bond donors (Lipinski definition) is 1. The first-order chi connectivity index (χ1) is 15.0. The van der Waals surface area contributed by atoms with Crippen LogP contribution < -0.4 is 10.2 Å². The zero-order valence-corrected chi connectivity index (χ0v) is 18.1. The molecule has 7 heteroatoms. The molecule has 2 aliphatic rings. The monoisotopic (exact) mass is 423 g/mol. The fourth-order valence-electron chi connectivity index (χ4n) is 4.17. The second-order valence-corrected chi connectivity index (χ2v) is 8.38. The number of piperidine rings is 1. The van der Waals surface area contributed by atoms with Gasteiger partial charge in [0.25, 0.3) is 11.8 Å². The molecule has 1 aliphatic carbocycles. The molecular weight excluding hydrogens is 394 g/mol. The number of benzene rings is 1. The molecule has 0 bridgehead atoms. The van der Waals surface area contributed by atoms with Gasteiger partial charge in [-0.3, -0.25) is 9.59 Å². The zero-order chi connectivity index (χ0) is 21.8. The van der Waals surface area contributed by atoms with Crippen molar-refractivity contribution in [2.75, 3.05) is 19.7 Å². The van der Waals surface area contributed by atoms with Gasteiger partial charge in [0, 0.05) is 30.6 Å². The maximum absolute atomic E-state index is 13.0. The summed E-state index contributed by atoms with van der Waals surface area (Å²) in [4.78, 5) is 27.1. The molecule has 0 spiro atoms. The first kappa shape index (κ1) is 21.2. The van der Waals surface area contributed by atoms with Crippen LogP contribution in [-0.2, 0) is 11.2 Å². The quantitative estimate of drug-likeness (QED) is 0.744. The van der Waals surface area contributed by atoms with Crippen LogP contribution in [0.25, 0.3) is 0 Å². The maximum atomic E-state index is 13.0. The van der Waals surface area contributed by atoms with Crippen molar-refractivity contribution in [1.29, 1.82) is 0 Å². The molecule has 0 saturated carbocycles. The molecule has 1 aliphatic heterocycles. The highest BCUT2D eigenvalue weighted by Gasteiger charge is 2.31. The molecule has 4 rings (SSSR count). The van der Waals surface area contributed by atoms with Crippen molar-refractivity contribution in [2.24, 2.45) is 11.0 Å². The fraction of sp³-hybridized carbons (Fsp3) is 0.458. The summed E-state index contributed by atoms with van der Waals surface area (Å²) in [5.74, 6) is 2.11. The zero-order valence-electron chi connectivity index (χ0n) is 18.1. The molecular formula is C24H29N3O4. The highest BCUT2D eigenvalue weighted by molar-refractivity contribution is 6.06. The van der Waals surface area contributed by atoms with Gasteiger partial charge in [0.05, 0.1) is 5.71 Å². The lowest BCUT2D eigenvalue weighted by Gasteiger charge is -2.29. The van der Waals surface area contributed by atoms with Crippen LogP contribution in [0.1, 0.15) is 60.0 Å². The van der Waals surface area contributed by atoms with Crippen molar-refractivity contribution in [3.8, 4) is 5.75 Å². The maximum Gasteiger partial charge on any atom is 0.289 e. The standard InChI is InChI=1S/C24H29N3O4/c1-16-11-13-27(14-12-16)24(29)23-17(2)22-19(9-6-10-20(22)31-23)25-26-21(28)15-30-18-7-4-3-5-8-18/h3-5,7-8,16H,6,9-15H2,1-2H3,(H,26,28)/b25-19+. The Balaban J connectivity index is 1.45. The van der Waals surface area contributed by atoms with E-state index >= 15 is 0 Å². The van der Waals surface area contributed by atoms with Gasteiger partial charge in [-0.2, -0.15) is 5.10 Å². The van der Waals surface area contributed by atoms with Crippen LogP contribution in [0, 0.1) is 12.8 Å². The third kappa shape index (κ3) is 4.81. The van der Waals surface area contributed by atoms with Crippen LogP contribution in [0.5, 0.6) is 5.75 Å². The molecule has 1 saturated heterocycles. The smallest absolute Gasteiger partial charge is 0.289 e. The number of nitrogens with one attached hydrogen (secondary N) is 1. The normalized spacial score (nSPS) is 18.0. The molecule has 2 amide bonds. The summed E-state index contributed by atoms with van der Waals surface area (Å²) in [5.41, 5.74) is 5.01. The summed E-state index contributed by atoms with van der Waals surface area (Å²) in [6.07, 6.45) is 4.40. The van der Waals surface area contributed by atoms with Crippen LogP contribution in [0.4, 0.5) is 0 Å². The van der Waals surface area contributed by atoms with Crippen LogP contribution >= 0.6 is 0 Å². The van der Waals surface area contributed by atoms with Gasteiger partial charge in [0.1, 0.15) is 11.5 Å². The highest BCUT2D eigenvalue weighted by Crippen LogP contribution is 2.31. The average Bonchev–Trinajstić information content (AvgIpc) is 3.14. The minimum Gasteiger partial charge on any atom is -0.484 e. The number of fused-ring (bicyclic) bond motifs is 1. The first-order valence-corrected chi connectivity index (χ1v) is 11.0. The number of para-hydroxylation sites is 1. The summed E-state index contributed by atoms with van der Waals surface area (Å²) < 4.78 is 11.5. The Morgan fingerprint density at radius 1 is 1.19 bits per heavy atom. The molecule has 2 heterocycles. The number of furan rings is 1. The lowest BCUT2D eigenvalue weighted by atomic mass is 9.93. The first-order valence-electron chi connectivity index (χ1n) is 11.0. The molecule has 7 nitrogen and oxygen atoms in total. The predicted octanol–water partition coefficient (Wildman–Crippen LogP) is 3.70. The van der Waals surface area contributed by atoms with Crippen LogP contribution in [-0.4, -0.2) is 42.1 Å². The SMILES string of the molecule is Cc1c(C(=O)N2CCC(C)CC2)oc2c1/C(=N/NC(=O)COc1ccccc1)CCC2. The number of hydrazone groups is 1. The van der Waals surface area contributed by atoms with Crippen molar-refractivity contribution >= 4 is 17.5 Å². The number of nitrogens with zero attached hydrogens (tertiary/aromatic N) is 2. The Kier molecular flexibility index (Phi) is 6.39. The number of carbonyl (C=O) groups is 2. The Hall–Kier alpha value is -3.09. The third-order valence-corrected chi connectivity index (χ3v) is 6.02. The molecule has 1 aromatic carbocycles. The van der Waals surface area contributed by atoms with E-state index in [2.05, 4.69) is 17.5 Å². The fourth-order valence-corrected chi connectivity index (χ4v) is 4.17. The number of hydrogen-bond acceptors (Lipinski definition) is 5. The Labute approximate surface area is 182 Å². The third-order valence-electron chi connectivity index (χ3n) is 6.02. The number of rotatable bonds is 5. The molecule has 31 heavy (non-hydrogen) atoms. The summed E-state index contributed by atoms with van der Waals surface area (Å²) in [6, 6.07) is 9.17. The van der Waals surface area contributed by atoms with E-state index < -0.39 is 0 Å². The second kappa shape index (κ2) is 9.37. The Morgan fingerprint density at radius 2 is 1.94 bits per heavy atom. The van der Waals surface area contributed by atoms with E-state index in [4.69, 9.17) is 9.15 Å². The molecule has 1 aromatic heterocycles. The molecule has 164 valence electrons. The summed E-state index contributed by atoms with van der Waals surface area (Å²) in [6.45, 7) is 5.55. The number of ether oxygens (including phenoxy) is 1. The number of carbonyl (C=O) groups excluding carboxylic acids is 2. The minimum atomic E-state index is -0.330. The van der Waals surface area contributed by atoms with Crippen molar-refractivity contribution in [2.45, 2.75) is 46.0 Å². The summed E-state index contributed by atoms with van der Waals surface area (Å²) >= 11 is 0. The van der Waals surface area contributed by atoms with Crippen molar-refractivity contribution in [1.82, 2.24) is 10.3 Å². The molecule has 1 N–H and O–H groups in total. The van der Waals surface area contributed by atoms with E-state index in [0.717, 1.165) is 67.8 Å². The van der Waals surface area contributed by atoms with Gasteiger partial charge >= 0.3 is 0 Å². The van der Waals surface area contributed by atoms with Gasteiger partial charge in [0.15, 0.2) is 12.4 Å². The molecule has 0 atom stereocenters. The van der Waals surface area contributed by atoms with E-state index in [9.17, 15) is 9.59 Å². The van der Waals surface area contributed by atoms with Crippen molar-refractivity contribution in [3.05, 3.63) is 53.0 Å². The molecule has 1 fully saturated rings. The van der Waals surface area contributed by atoms with Crippen LogP contribution in [0.15, 0.2) is 39.9 Å². The molecule has 0 radical (unpaired) electrons. The number of aryl methyl sites for hydroxylation is 1. The van der Waals surface area contributed by atoms with Gasteiger partial charge in [-0.15, -0.1) is 0 Å². The molecule has 0 unspecified atom stereocenters. The highest BCUT2D eigenvalue weighted by atomic mass is 16.5. The van der Waals surface area contributed by atoms with Gasteiger partial charge in [-0.25, -0.2) is 5.43 Å². The van der Waals surface area contributed by atoms with Crippen molar-refractivity contribution < 1.29 is 18.7 Å². The topological polar surface area (TPSA) is 84.1 Å². The average molecular weight is 424 g/mol. The van der Waals surface area contributed by atoms with Crippen LogP contribution in [0.3, 0.4) is 0 Å². The van der Waals surface area contributed by atoms with E-state index in [1.165, 1.54) is 0 Å².